The number of hydrogen-bond donors (Lipinski definition) is 1. The van der Waals surface area contributed by atoms with Crippen LogP contribution in [0.1, 0.15) is 74.8 Å². The highest BCUT2D eigenvalue weighted by molar-refractivity contribution is 7.13. The van der Waals surface area contributed by atoms with Crippen LogP contribution in [0.2, 0.25) is 0 Å². The lowest BCUT2D eigenvalue weighted by molar-refractivity contribution is -0.146. The van der Waals surface area contributed by atoms with Crippen LogP contribution < -0.4 is 10.2 Å². The number of carbonyl (C=O) groups is 3. The van der Waals surface area contributed by atoms with Crippen LogP contribution in [0.4, 0.5) is 25.0 Å². The number of pyridine rings is 1. The van der Waals surface area contributed by atoms with Crippen molar-refractivity contribution in [2.24, 2.45) is 4.99 Å². The molecule has 3 heterocycles. The molecule has 0 saturated carbocycles. The molecule has 1 aromatic carbocycles. The van der Waals surface area contributed by atoms with Crippen molar-refractivity contribution in [3.05, 3.63) is 58.4 Å². The Labute approximate surface area is 251 Å². The van der Waals surface area contributed by atoms with Crippen LogP contribution in [-0.4, -0.2) is 52.3 Å². The number of fused-ring (bicyclic) bond motifs is 1. The van der Waals surface area contributed by atoms with Crippen molar-refractivity contribution in [2.75, 3.05) is 23.3 Å². The Morgan fingerprint density at radius 2 is 1.91 bits per heavy atom. The third kappa shape index (κ3) is 6.87. The topological polar surface area (TPSA) is 123 Å². The normalized spacial score (nSPS) is 17.5. The number of aromatic nitrogens is 2. The van der Waals surface area contributed by atoms with Crippen molar-refractivity contribution in [1.29, 1.82) is 0 Å². The number of piperidine rings is 1. The number of halogens is 2. The summed E-state index contributed by atoms with van der Waals surface area (Å²) < 4.78 is 39.5. The molecule has 0 spiro atoms. The van der Waals surface area contributed by atoms with E-state index >= 15 is 0 Å². The summed E-state index contributed by atoms with van der Waals surface area (Å²) in [6, 6.07) is 3.52. The number of amides is 2. The predicted molar refractivity (Wildman–Crippen MR) is 158 cm³/mol. The van der Waals surface area contributed by atoms with Gasteiger partial charge in [-0.1, -0.05) is 6.07 Å². The van der Waals surface area contributed by atoms with Crippen LogP contribution in [-0.2, 0) is 20.7 Å². The highest BCUT2D eigenvalue weighted by Crippen LogP contribution is 2.43. The molecule has 10 nitrogen and oxygen atoms in total. The Hall–Kier alpha value is -4.26. The molecule has 1 atom stereocenters. The zero-order chi connectivity index (χ0) is 30.9. The third-order valence-corrected chi connectivity index (χ3v) is 7.70. The Balaban J connectivity index is 1.46. The van der Waals surface area contributed by atoms with Gasteiger partial charge in [0.25, 0.3) is 5.91 Å². The first-order valence-corrected chi connectivity index (χ1v) is 14.7. The van der Waals surface area contributed by atoms with Gasteiger partial charge in [0.05, 0.1) is 35.4 Å². The quantitative estimate of drug-likeness (QED) is 0.335. The molecule has 226 valence electrons. The minimum absolute atomic E-state index is 0.0160. The van der Waals surface area contributed by atoms with Crippen LogP contribution in [0.15, 0.2) is 34.8 Å². The van der Waals surface area contributed by atoms with E-state index in [9.17, 15) is 23.2 Å². The van der Waals surface area contributed by atoms with Gasteiger partial charge in [-0.25, -0.2) is 18.6 Å². The summed E-state index contributed by atoms with van der Waals surface area (Å²) in [6.07, 6.45) is 2.69. The largest absolute Gasteiger partial charge is 0.456 e. The summed E-state index contributed by atoms with van der Waals surface area (Å²) >= 11 is 0.952. The van der Waals surface area contributed by atoms with Crippen molar-refractivity contribution in [3.8, 4) is 10.6 Å². The molecular weight excluding hydrogens is 580 g/mol. The fraction of sp³-hybridized carbons (Fsp3) is 0.400. The Kier molecular flexibility index (Phi) is 8.54. The molecule has 1 unspecified atom stereocenters. The summed E-state index contributed by atoms with van der Waals surface area (Å²) in [4.78, 5) is 52.5. The first-order chi connectivity index (χ1) is 20.4. The van der Waals surface area contributed by atoms with Crippen molar-refractivity contribution < 1.29 is 32.6 Å². The average Bonchev–Trinajstić information content (AvgIpc) is 3.55. The van der Waals surface area contributed by atoms with Crippen LogP contribution in [0.25, 0.3) is 10.6 Å². The van der Waals surface area contributed by atoms with Crippen molar-refractivity contribution >= 4 is 46.4 Å². The molecule has 1 N–H and O–H groups in total. The maximum atomic E-state index is 14.3. The molecule has 1 fully saturated rings. The number of anilines is 2. The summed E-state index contributed by atoms with van der Waals surface area (Å²) in [5.74, 6) is -2.56. The highest BCUT2D eigenvalue weighted by Gasteiger charge is 2.34. The lowest BCUT2D eigenvalue weighted by atomic mass is 10.0. The molecule has 0 bridgehead atoms. The van der Waals surface area contributed by atoms with Gasteiger partial charge in [-0.2, -0.15) is 4.99 Å². The highest BCUT2D eigenvalue weighted by atomic mass is 32.1. The fourth-order valence-electron chi connectivity index (χ4n) is 5.19. The second-order valence-corrected chi connectivity index (χ2v) is 12.2. The van der Waals surface area contributed by atoms with Crippen LogP contribution in [0, 0.1) is 11.6 Å². The fourth-order valence-corrected chi connectivity index (χ4v) is 6.04. The van der Waals surface area contributed by atoms with Crippen LogP contribution in [0.3, 0.4) is 0 Å². The van der Waals surface area contributed by atoms with E-state index in [-0.39, 0.29) is 16.3 Å². The van der Waals surface area contributed by atoms with Crippen molar-refractivity contribution in [2.45, 2.75) is 65.1 Å². The van der Waals surface area contributed by atoms with Gasteiger partial charge >= 0.3 is 12.1 Å². The number of esters is 1. The van der Waals surface area contributed by atoms with Gasteiger partial charge in [-0.05, 0) is 58.6 Å². The van der Waals surface area contributed by atoms with E-state index in [2.05, 4.69) is 20.3 Å². The lowest BCUT2D eigenvalue weighted by Crippen LogP contribution is -2.38. The molecular formula is C30H31F2N5O5S. The molecule has 1 aliphatic heterocycles. The van der Waals surface area contributed by atoms with Crippen molar-refractivity contribution in [3.63, 3.8) is 0 Å². The van der Waals surface area contributed by atoms with Crippen LogP contribution in [0.5, 0.6) is 0 Å². The van der Waals surface area contributed by atoms with E-state index in [0.29, 0.717) is 61.6 Å². The number of thiazole rings is 1. The van der Waals surface area contributed by atoms with E-state index in [0.717, 1.165) is 29.0 Å². The third-order valence-electron chi connectivity index (χ3n) is 6.84. The number of ether oxygens (including phenoxy) is 2. The second-order valence-electron chi connectivity index (χ2n) is 11.3. The number of benzene rings is 1. The van der Waals surface area contributed by atoms with E-state index in [1.54, 1.807) is 20.8 Å². The molecule has 5 rings (SSSR count). The monoisotopic (exact) mass is 611 g/mol. The van der Waals surface area contributed by atoms with Gasteiger partial charge in [0.2, 0.25) is 0 Å². The number of aliphatic imine (C=N–C) groups is 1. The zero-order valence-corrected chi connectivity index (χ0v) is 25.0. The maximum absolute atomic E-state index is 14.3. The first-order valence-electron chi connectivity index (χ1n) is 13.8. The minimum atomic E-state index is -0.775. The summed E-state index contributed by atoms with van der Waals surface area (Å²) in [5, 5.41) is 4.33. The summed E-state index contributed by atoms with van der Waals surface area (Å²) in [7, 11) is 0. The molecule has 2 aromatic heterocycles. The minimum Gasteiger partial charge on any atom is -0.456 e. The van der Waals surface area contributed by atoms with E-state index in [1.165, 1.54) is 24.6 Å². The Bertz CT molecular complexity index is 1600. The Morgan fingerprint density at radius 1 is 1.16 bits per heavy atom. The smallest absolute Gasteiger partial charge is 0.434 e. The van der Waals surface area contributed by atoms with Crippen LogP contribution >= 0.6 is 11.3 Å². The van der Waals surface area contributed by atoms with E-state index in [4.69, 9.17) is 9.47 Å². The van der Waals surface area contributed by atoms with Gasteiger partial charge in [0, 0.05) is 30.1 Å². The number of rotatable bonds is 5. The summed E-state index contributed by atoms with van der Waals surface area (Å²) in [6.45, 7) is 7.57. The molecule has 13 heteroatoms. The molecule has 1 aliphatic carbocycles. The number of nitrogens with zero attached hydrogens (tertiary/aromatic N) is 4. The molecule has 3 aromatic rings. The van der Waals surface area contributed by atoms with Gasteiger partial charge < -0.3 is 19.7 Å². The molecule has 2 aliphatic rings. The SMILES string of the molecule is CC(=O)OC1CCc2c1ncc(NC(=O)c1csc(-c3c(F)cccc3F)n1)c2N1CCCC(=NC(=O)OC(C)(C)C)C1. The lowest BCUT2D eigenvalue weighted by Gasteiger charge is -2.33. The first kappa shape index (κ1) is 30.2. The van der Waals surface area contributed by atoms with Gasteiger partial charge in [0.15, 0.2) is 0 Å². The standard InChI is InChI=1S/C30H31F2N5O5S/c1-16(38)41-23-11-10-18-25(23)33-13-21(26(18)37-12-6-7-17(14-37)34-29(40)42-30(2,3)4)35-27(39)22-15-43-28(36-22)24-19(31)8-5-9-20(24)32/h5,8-9,13,15,23H,6-7,10-12,14H2,1-4H3,(H,35,39). The number of hydrogen-bond acceptors (Lipinski definition) is 9. The average molecular weight is 612 g/mol. The van der Waals surface area contributed by atoms with Gasteiger partial charge in [0.1, 0.15) is 34.0 Å². The maximum Gasteiger partial charge on any atom is 0.434 e. The number of carbonyl (C=O) groups excluding carboxylic acids is 3. The zero-order valence-electron chi connectivity index (χ0n) is 24.2. The predicted octanol–water partition coefficient (Wildman–Crippen LogP) is 6.26. The second kappa shape index (κ2) is 12.2. The van der Waals surface area contributed by atoms with Gasteiger partial charge in [-0.15, -0.1) is 11.3 Å². The summed E-state index contributed by atoms with van der Waals surface area (Å²) in [5.41, 5.74) is 2.12. The molecule has 2 amide bonds. The molecule has 1 saturated heterocycles. The molecule has 0 radical (unpaired) electrons. The van der Waals surface area contributed by atoms with Crippen molar-refractivity contribution in [1.82, 2.24) is 9.97 Å². The Morgan fingerprint density at radius 3 is 2.60 bits per heavy atom. The van der Waals surface area contributed by atoms with E-state index in [1.807, 2.05) is 4.90 Å². The molecule has 43 heavy (non-hydrogen) atoms. The number of nitrogens with one attached hydrogen (secondary N) is 1. The van der Waals surface area contributed by atoms with Gasteiger partial charge in [-0.3, -0.25) is 14.6 Å². The van der Waals surface area contributed by atoms with E-state index < -0.39 is 41.3 Å².